The maximum atomic E-state index is 12.9. The Labute approximate surface area is 92.4 Å². The van der Waals surface area contributed by atoms with E-state index >= 15 is 0 Å². The van der Waals surface area contributed by atoms with E-state index in [4.69, 9.17) is 11.6 Å². The number of halogens is 3. The van der Waals surface area contributed by atoms with Gasteiger partial charge < -0.3 is 5.32 Å². The molecule has 15 heavy (non-hydrogen) atoms. The number of rotatable bonds is 2. The van der Waals surface area contributed by atoms with Gasteiger partial charge >= 0.3 is 0 Å². The van der Waals surface area contributed by atoms with Gasteiger partial charge in [0, 0.05) is 17.9 Å². The van der Waals surface area contributed by atoms with Crippen molar-refractivity contribution < 1.29 is 8.78 Å². The first-order chi connectivity index (χ1) is 6.97. The summed E-state index contributed by atoms with van der Waals surface area (Å²) in [6.45, 7) is 0. The fourth-order valence-electron chi connectivity index (χ4n) is 2.13. The molecule has 4 heteroatoms. The number of benzene rings is 1. The van der Waals surface area contributed by atoms with Crippen molar-refractivity contribution in [2.75, 3.05) is 7.05 Å². The lowest BCUT2D eigenvalue weighted by Gasteiger charge is -2.47. The summed E-state index contributed by atoms with van der Waals surface area (Å²) in [5.74, 6) is -2.54. The van der Waals surface area contributed by atoms with Crippen molar-refractivity contribution in [1.29, 1.82) is 0 Å². The maximum Gasteiger partial charge on any atom is 0.252 e. The lowest BCUT2D eigenvalue weighted by atomic mass is 9.69. The van der Waals surface area contributed by atoms with E-state index in [0.29, 0.717) is 5.02 Å². The summed E-state index contributed by atoms with van der Waals surface area (Å²) in [4.78, 5) is 0. The molecule has 0 spiro atoms. The van der Waals surface area contributed by atoms with Gasteiger partial charge in [0.05, 0.1) is 5.54 Å². The van der Waals surface area contributed by atoms with Gasteiger partial charge in [-0.25, -0.2) is 8.78 Å². The van der Waals surface area contributed by atoms with Crippen molar-refractivity contribution >= 4 is 11.6 Å². The van der Waals surface area contributed by atoms with Gasteiger partial charge in [-0.05, 0) is 24.7 Å². The molecule has 1 aromatic rings. The van der Waals surface area contributed by atoms with Crippen LogP contribution in [0, 0.1) is 0 Å². The number of nitrogens with one attached hydrogen (secondary N) is 1. The standard InChI is InChI=1S/C11H12ClF2N/c1-15-10(6-11(13,14)7-10)8-2-4-9(12)5-3-8/h2-5,15H,6-7H2,1H3. The van der Waals surface area contributed by atoms with Crippen molar-refractivity contribution in [3.05, 3.63) is 34.9 Å². The number of alkyl halides is 2. The molecule has 0 heterocycles. The molecular weight excluding hydrogens is 220 g/mol. The van der Waals surface area contributed by atoms with Crippen LogP contribution in [0.2, 0.25) is 5.02 Å². The molecule has 1 nitrogen and oxygen atoms in total. The Morgan fingerprint density at radius 3 is 2.13 bits per heavy atom. The van der Waals surface area contributed by atoms with Crippen LogP contribution in [0.3, 0.4) is 0 Å². The van der Waals surface area contributed by atoms with Crippen molar-refractivity contribution in [2.24, 2.45) is 0 Å². The summed E-state index contributed by atoms with van der Waals surface area (Å²) in [6.07, 6.45) is -0.281. The average molecular weight is 232 g/mol. The second kappa shape index (κ2) is 3.42. The van der Waals surface area contributed by atoms with E-state index in [0.717, 1.165) is 5.56 Å². The highest BCUT2D eigenvalue weighted by molar-refractivity contribution is 6.30. The van der Waals surface area contributed by atoms with Crippen molar-refractivity contribution in [1.82, 2.24) is 5.32 Å². The van der Waals surface area contributed by atoms with Crippen LogP contribution in [0.4, 0.5) is 8.78 Å². The molecule has 0 bridgehead atoms. The van der Waals surface area contributed by atoms with Gasteiger partial charge in [-0.1, -0.05) is 23.7 Å². The number of hydrogen-bond acceptors (Lipinski definition) is 1. The van der Waals surface area contributed by atoms with Crippen LogP contribution in [0.15, 0.2) is 24.3 Å². The molecule has 1 aliphatic carbocycles. The highest BCUT2D eigenvalue weighted by Crippen LogP contribution is 2.51. The van der Waals surface area contributed by atoms with Crippen molar-refractivity contribution in [2.45, 2.75) is 24.3 Å². The first-order valence-electron chi connectivity index (χ1n) is 4.80. The second-order valence-corrected chi connectivity index (χ2v) is 4.48. The smallest absolute Gasteiger partial charge is 0.252 e. The molecular formula is C11H12ClF2N. The molecule has 0 atom stereocenters. The van der Waals surface area contributed by atoms with E-state index < -0.39 is 11.5 Å². The minimum atomic E-state index is -2.54. The fraction of sp³-hybridized carbons (Fsp3) is 0.455. The van der Waals surface area contributed by atoms with Gasteiger partial charge in [0.1, 0.15) is 0 Å². The van der Waals surface area contributed by atoms with Crippen LogP contribution in [0.25, 0.3) is 0 Å². The summed E-state index contributed by atoms with van der Waals surface area (Å²) in [7, 11) is 1.71. The molecule has 0 aromatic heterocycles. The first-order valence-corrected chi connectivity index (χ1v) is 5.18. The van der Waals surface area contributed by atoms with Crippen LogP contribution in [-0.2, 0) is 5.54 Å². The highest BCUT2D eigenvalue weighted by Gasteiger charge is 2.56. The van der Waals surface area contributed by atoms with E-state index in [1.807, 2.05) is 0 Å². The normalized spacial score (nSPS) is 22.1. The predicted octanol–water partition coefficient (Wildman–Crippen LogP) is 3.18. The molecule has 0 aliphatic heterocycles. The quantitative estimate of drug-likeness (QED) is 0.824. The average Bonchev–Trinajstić information content (AvgIpc) is 2.14. The van der Waals surface area contributed by atoms with Crippen LogP contribution in [0.1, 0.15) is 18.4 Å². The predicted molar refractivity (Wildman–Crippen MR) is 56.4 cm³/mol. The van der Waals surface area contributed by atoms with E-state index in [9.17, 15) is 8.78 Å². The van der Waals surface area contributed by atoms with Crippen LogP contribution >= 0.6 is 11.6 Å². The summed E-state index contributed by atoms with van der Waals surface area (Å²) in [5.41, 5.74) is 0.300. The van der Waals surface area contributed by atoms with Gasteiger partial charge in [-0.15, -0.1) is 0 Å². The third-order valence-corrected chi connectivity index (χ3v) is 3.25. The Hall–Kier alpha value is -0.670. The summed E-state index contributed by atoms with van der Waals surface area (Å²) in [5, 5.41) is 3.60. The van der Waals surface area contributed by atoms with E-state index in [-0.39, 0.29) is 12.8 Å². The highest BCUT2D eigenvalue weighted by atomic mass is 35.5. The molecule has 1 saturated carbocycles. The topological polar surface area (TPSA) is 12.0 Å². The zero-order valence-corrected chi connectivity index (χ0v) is 9.11. The molecule has 0 unspecified atom stereocenters. The molecule has 1 aliphatic rings. The Balaban J connectivity index is 2.25. The zero-order valence-electron chi connectivity index (χ0n) is 8.36. The Bertz CT molecular complexity index is 353. The largest absolute Gasteiger partial charge is 0.310 e. The maximum absolute atomic E-state index is 12.9. The molecule has 0 radical (unpaired) electrons. The molecule has 82 valence electrons. The second-order valence-electron chi connectivity index (χ2n) is 4.05. The Morgan fingerprint density at radius 1 is 1.20 bits per heavy atom. The van der Waals surface area contributed by atoms with E-state index in [2.05, 4.69) is 5.32 Å². The van der Waals surface area contributed by atoms with Crippen LogP contribution < -0.4 is 5.32 Å². The minimum absolute atomic E-state index is 0.141. The van der Waals surface area contributed by atoms with Crippen molar-refractivity contribution in [3.63, 3.8) is 0 Å². The van der Waals surface area contributed by atoms with Crippen molar-refractivity contribution in [3.8, 4) is 0 Å². The van der Waals surface area contributed by atoms with Gasteiger partial charge in [0.2, 0.25) is 0 Å². The molecule has 2 rings (SSSR count). The fourth-order valence-corrected chi connectivity index (χ4v) is 2.25. The summed E-state index contributed by atoms with van der Waals surface area (Å²) in [6, 6.07) is 7.06. The first kappa shape index (κ1) is 10.8. The minimum Gasteiger partial charge on any atom is -0.310 e. The Morgan fingerprint density at radius 2 is 1.73 bits per heavy atom. The third kappa shape index (κ3) is 1.86. The SMILES string of the molecule is CNC1(c2ccc(Cl)cc2)CC(F)(F)C1. The molecule has 1 aromatic carbocycles. The van der Waals surface area contributed by atoms with Gasteiger partial charge in [-0.2, -0.15) is 0 Å². The lowest BCUT2D eigenvalue weighted by molar-refractivity contribution is -0.135. The summed E-state index contributed by atoms with van der Waals surface area (Å²) >= 11 is 5.75. The molecule has 1 fully saturated rings. The van der Waals surface area contributed by atoms with Crippen LogP contribution in [0.5, 0.6) is 0 Å². The van der Waals surface area contributed by atoms with Gasteiger partial charge in [0.15, 0.2) is 0 Å². The molecule has 1 N–H and O–H groups in total. The zero-order chi connectivity index (χ0) is 11.1. The van der Waals surface area contributed by atoms with Gasteiger partial charge in [0.25, 0.3) is 5.92 Å². The summed E-state index contributed by atoms with van der Waals surface area (Å²) < 4.78 is 25.8. The number of hydrogen-bond donors (Lipinski definition) is 1. The molecule has 0 saturated heterocycles. The van der Waals surface area contributed by atoms with E-state index in [1.54, 1.807) is 31.3 Å². The van der Waals surface area contributed by atoms with E-state index in [1.165, 1.54) is 0 Å². The van der Waals surface area contributed by atoms with Gasteiger partial charge in [-0.3, -0.25) is 0 Å². The van der Waals surface area contributed by atoms with Crippen LogP contribution in [-0.4, -0.2) is 13.0 Å². The third-order valence-electron chi connectivity index (χ3n) is 3.00. The molecule has 0 amide bonds. The lowest BCUT2D eigenvalue weighted by Crippen LogP contribution is -2.57. The Kier molecular flexibility index (Phi) is 2.47. The monoisotopic (exact) mass is 231 g/mol.